The van der Waals surface area contributed by atoms with Crippen molar-refractivity contribution in [1.82, 2.24) is 14.5 Å². The molecule has 0 aliphatic carbocycles. The van der Waals surface area contributed by atoms with E-state index in [0.717, 1.165) is 38.8 Å². The monoisotopic (exact) mass is 617 g/mol. The van der Waals surface area contributed by atoms with Crippen molar-refractivity contribution < 1.29 is 4.42 Å². The van der Waals surface area contributed by atoms with Crippen LogP contribution in [0.15, 0.2) is 144 Å². The van der Waals surface area contributed by atoms with E-state index >= 15 is 0 Å². The van der Waals surface area contributed by atoms with E-state index in [2.05, 4.69) is 126 Å². The van der Waals surface area contributed by atoms with Gasteiger partial charge in [-0.1, -0.05) is 103 Å². The number of rotatable bonds is 2. The maximum Gasteiger partial charge on any atom is 0.236 e. The second kappa shape index (κ2) is 9.25. The summed E-state index contributed by atoms with van der Waals surface area (Å²) in [6.07, 6.45) is 0. The number of benzene rings is 7. The van der Waals surface area contributed by atoms with Crippen LogP contribution in [0.25, 0.3) is 103 Å². The third-order valence-corrected chi connectivity index (χ3v) is 10.7. The molecule has 0 N–H and O–H groups in total. The van der Waals surface area contributed by atoms with Gasteiger partial charge in [0.2, 0.25) is 5.95 Å². The maximum atomic E-state index is 6.54. The van der Waals surface area contributed by atoms with Gasteiger partial charge in [0.25, 0.3) is 0 Å². The van der Waals surface area contributed by atoms with Gasteiger partial charge in [-0.15, -0.1) is 11.3 Å². The van der Waals surface area contributed by atoms with E-state index < -0.39 is 0 Å². The van der Waals surface area contributed by atoms with Crippen molar-refractivity contribution in [2.75, 3.05) is 0 Å². The van der Waals surface area contributed by atoms with Crippen molar-refractivity contribution in [3.05, 3.63) is 140 Å². The first-order chi connectivity index (χ1) is 23.3. The van der Waals surface area contributed by atoms with Gasteiger partial charge in [0.05, 0.1) is 11.0 Å². The second-order valence-corrected chi connectivity index (χ2v) is 13.2. The minimum Gasteiger partial charge on any atom is -0.452 e. The van der Waals surface area contributed by atoms with E-state index in [1.165, 1.54) is 52.5 Å². The van der Waals surface area contributed by atoms with Crippen LogP contribution in [-0.4, -0.2) is 14.5 Å². The largest absolute Gasteiger partial charge is 0.452 e. The number of fused-ring (bicyclic) bond motifs is 13. The summed E-state index contributed by atoms with van der Waals surface area (Å²) in [4.78, 5) is 10.7. The molecule has 4 aromatic heterocycles. The zero-order valence-electron chi connectivity index (χ0n) is 24.9. The van der Waals surface area contributed by atoms with Crippen molar-refractivity contribution in [1.29, 1.82) is 0 Å². The van der Waals surface area contributed by atoms with Crippen LogP contribution in [-0.2, 0) is 0 Å². The molecule has 0 atom stereocenters. The Bertz CT molecular complexity index is 3000. The van der Waals surface area contributed by atoms with Gasteiger partial charge in [0.1, 0.15) is 16.8 Å². The van der Waals surface area contributed by atoms with Crippen molar-refractivity contribution in [3.63, 3.8) is 0 Å². The summed E-state index contributed by atoms with van der Waals surface area (Å²) in [5, 5.41) is 10.8. The summed E-state index contributed by atoms with van der Waals surface area (Å²) in [7, 11) is 0. The third kappa shape index (κ3) is 3.46. The molecule has 0 aliphatic heterocycles. The first-order valence-corrected chi connectivity index (χ1v) is 16.6. The maximum absolute atomic E-state index is 6.54. The van der Waals surface area contributed by atoms with E-state index in [1.807, 2.05) is 29.5 Å². The number of nitrogens with zero attached hydrogens (tertiary/aromatic N) is 3. The summed E-state index contributed by atoms with van der Waals surface area (Å²) in [6, 6.07) is 49.5. The van der Waals surface area contributed by atoms with E-state index in [4.69, 9.17) is 14.4 Å². The lowest BCUT2D eigenvalue weighted by Gasteiger charge is -2.10. The Balaban J connectivity index is 1.29. The molecule has 0 spiro atoms. The third-order valence-electron chi connectivity index (χ3n) is 9.61. The molecule has 7 aromatic carbocycles. The Labute approximate surface area is 271 Å². The van der Waals surface area contributed by atoms with Crippen LogP contribution in [0.2, 0.25) is 0 Å². The summed E-state index contributed by atoms with van der Waals surface area (Å²) in [5.74, 6) is 0.626. The number of hydrogen-bond donors (Lipinski definition) is 0. The Morgan fingerprint density at radius 1 is 0.511 bits per heavy atom. The summed E-state index contributed by atoms with van der Waals surface area (Å²) in [5.41, 5.74) is 6.27. The minimum absolute atomic E-state index is 0.626. The van der Waals surface area contributed by atoms with E-state index in [1.54, 1.807) is 0 Å². The van der Waals surface area contributed by atoms with Crippen molar-refractivity contribution in [2.24, 2.45) is 0 Å². The molecule has 4 heterocycles. The van der Waals surface area contributed by atoms with Gasteiger partial charge in [-0.2, -0.15) is 0 Å². The lowest BCUT2D eigenvalue weighted by Crippen LogP contribution is -2.03. The van der Waals surface area contributed by atoms with Crippen LogP contribution in [0.5, 0.6) is 0 Å². The Kier molecular flexibility index (Phi) is 4.96. The minimum atomic E-state index is 0.626. The highest BCUT2D eigenvalue weighted by molar-refractivity contribution is 7.25. The van der Waals surface area contributed by atoms with Gasteiger partial charge < -0.3 is 4.42 Å². The number of para-hydroxylation sites is 1. The second-order valence-electron chi connectivity index (χ2n) is 12.2. The van der Waals surface area contributed by atoms with Crippen LogP contribution in [0.4, 0.5) is 0 Å². The molecule has 218 valence electrons. The first-order valence-electron chi connectivity index (χ1n) is 15.8. The molecule has 0 saturated carbocycles. The highest BCUT2D eigenvalue weighted by Gasteiger charge is 2.23. The highest BCUT2D eigenvalue weighted by atomic mass is 32.1. The van der Waals surface area contributed by atoms with Crippen molar-refractivity contribution in [3.8, 4) is 17.2 Å². The molecule has 0 fully saturated rings. The SMILES string of the molecule is c1ccc2c(c1)ccc1c2c2c3ccccc3ccc2n1-c1nc(-c2ccc3c(c2)sc2ccccc23)c2oc3ccccc3c2n1. The summed E-state index contributed by atoms with van der Waals surface area (Å²) >= 11 is 1.81. The zero-order chi connectivity index (χ0) is 30.6. The first kappa shape index (κ1) is 25.2. The van der Waals surface area contributed by atoms with Crippen LogP contribution >= 0.6 is 11.3 Å². The van der Waals surface area contributed by atoms with Gasteiger partial charge in [0, 0.05) is 41.9 Å². The molecule has 0 unspecified atom stereocenters. The van der Waals surface area contributed by atoms with Gasteiger partial charge in [0.15, 0.2) is 5.58 Å². The zero-order valence-corrected chi connectivity index (χ0v) is 25.8. The molecule has 0 amide bonds. The molecule has 47 heavy (non-hydrogen) atoms. The van der Waals surface area contributed by atoms with Crippen molar-refractivity contribution in [2.45, 2.75) is 0 Å². The molecule has 5 heteroatoms. The molecular weight excluding hydrogens is 595 g/mol. The average Bonchev–Trinajstić information content (AvgIpc) is 3.80. The normalized spacial score (nSPS) is 12.3. The molecule has 11 rings (SSSR count). The average molecular weight is 618 g/mol. The van der Waals surface area contributed by atoms with Crippen LogP contribution in [0.3, 0.4) is 0 Å². The molecule has 0 aliphatic rings. The Morgan fingerprint density at radius 2 is 1.13 bits per heavy atom. The van der Waals surface area contributed by atoms with Gasteiger partial charge >= 0.3 is 0 Å². The van der Waals surface area contributed by atoms with Crippen LogP contribution < -0.4 is 0 Å². The lowest BCUT2D eigenvalue weighted by molar-refractivity contribution is 0.666. The fraction of sp³-hybridized carbons (Fsp3) is 0. The number of hydrogen-bond acceptors (Lipinski definition) is 4. The predicted octanol–water partition coefficient (Wildman–Crippen LogP) is 11.8. The lowest BCUT2D eigenvalue weighted by atomic mass is 10.00. The molecule has 0 bridgehead atoms. The molecule has 0 saturated heterocycles. The fourth-order valence-corrected chi connectivity index (χ4v) is 8.66. The molecule has 11 aromatic rings. The summed E-state index contributed by atoms with van der Waals surface area (Å²) < 4.78 is 11.3. The molecular formula is C42H23N3OS. The van der Waals surface area contributed by atoms with Crippen LogP contribution in [0, 0.1) is 0 Å². The van der Waals surface area contributed by atoms with Gasteiger partial charge in [-0.05, 0) is 57.9 Å². The quantitative estimate of drug-likeness (QED) is 0.194. The number of thiophene rings is 1. The van der Waals surface area contributed by atoms with Crippen molar-refractivity contribution >= 4 is 96.9 Å². The number of furan rings is 1. The van der Waals surface area contributed by atoms with E-state index in [0.29, 0.717) is 11.5 Å². The highest BCUT2D eigenvalue weighted by Crippen LogP contribution is 2.42. The van der Waals surface area contributed by atoms with Gasteiger partial charge in [-0.3, -0.25) is 4.57 Å². The molecule has 0 radical (unpaired) electrons. The van der Waals surface area contributed by atoms with Gasteiger partial charge in [-0.25, -0.2) is 9.97 Å². The Morgan fingerprint density at radius 3 is 1.87 bits per heavy atom. The van der Waals surface area contributed by atoms with E-state index in [-0.39, 0.29) is 0 Å². The number of aromatic nitrogens is 3. The fourth-order valence-electron chi connectivity index (χ4n) is 7.51. The Hall–Kier alpha value is -6.04. The predicted molar refractivity (Wildman–Crippen MR) is 197 cm³/mol. The topological polar surface area (TPSA) is 43.9 Å². The standard InChI is InChI=1S/C42H23N3OS/c1-3-11-27-24(9-1)18-21-32-37(27)38-28-12-4-2-10-25(28)19-22-33(38)45(32)42-43-39(41-40(44-42)31-14-5-7-15-34(31)46-41)26-17-20-30-29-13-6-8-16-35(29)47-36(30)23-26/h1-23H. The van der Waals surface area contributed by atoms with E-state index in [9.17, 15) is 0 Å². The summed E-state index contributed by atoms with van der Waals surface area (Å²) in [6.45, 7) is 0. The van der Waals surface area contributed by atoms with Crippen LogP contribution in [0.1, 0.15) is 0 Å². The smallest absolute Gasteiger partial charge is 0.236 e. The molecule has 4 nitrogen and oxygen atoms in total.